The van der Waals surface area contributed by atoms with Crippen LogP contribution >= 0.6 is 0 Å². The summed E-state index contributed by atoms with van der Waals surface area (Å²) in [6.45, 7) is 2.43. The molecule has 1 aromatic rings. The van der Waals surface area contributed by atoms with Gasteiger partial charge in [0.2, 0.25) is 5.75 Å². The van der Waals surface area contributed by atoms with Crippen molar-refractivity contribution in [1.82, 2.24) is 9.97 Å². The normalized spacial score (nSPS) is 19.1. The average molecular weight is 239 g/mol. The third-order valence-corrected chi connectivity index (χ3v) is 2.73. The molecule has 7 nitrogen and oxygen atoms in total. The Bertz CT molecular complexity index is 368. The minimum absolute atomic E-state index is 0.465. The Morgan fingerprint density at radius 2 is 2.35 bits per heavy atom. The molecule has 1 aromatic heterocycles. The topological polar surface area (TPSA) is 94.3 Å². The maximum Gasteiger partial charge on any atom is 0.205 e. The van der Waals surface area contributed by atoms with Gasteiger partial charge in [-0.25, -0.2) is 15.8 Å². The van der Waals surface area contributed by atoms with Crippen molar-refractivity contribution in [3.05, 3.63) is 6.33 Å². The van der Waals surface area contributed by atoms with Gasteiger partial charge in [-0.3, -0.25) is 0 Å². The lowest BCUT2D eigenvalue weighted by molar-refractivity contribution is 0.187. The van der Waals surface area contributed by atoms with Gasteiger partial charge in [0, 0.05) is 19.1 Å². The molecule has 1 saturated heterocycles. The zero-order valence-corrected chi connectivity index (χ0v) is 9.77. The summed E-state index contributed by atoms with van der Waals surface area (Å²) in [6.07, 6.45) is 2.51. The highest BCUT2D eigenvalue weighted by atomic mass is 16.5. The van der Waals surface area contributed by atoms with Crippen molar-refractivity contribution in [2.45, 2.75) is 6.42 Å². The van der Waals surface area contributed by atoms with Crippen LogP contribution in [0.2, 0.25) is 0 Å². The van der Waals surface area contributed by atoms with Crippen LogP contribution in [0.25, 0.3) is 0 Å². The first-order valence-electron chi connectivity index (χ1n) is 5.52. The van der Waals surface area contributed by atoms with Crippen molar-refractivity contribution in [3.63, 3.8) is 0 Å². The molecule has 4 N–H and O–H groups in total. The van der Waals surface area contributed by atoms with Crippen LogP contribution in [0.15, 0.2) is 6.33 Å². The fourth-order valence-electron chi connectivity index (χ4n) is 1.78. The molecular formula is C10H17N5O2. The van der Waals surface area contributed by atoms with E-state index in [0.717, 1.165) is 26.2 Å². The molecule has 1 fully saturated rings. The second-order valence-electron chi connectivity index (χ2n) is 3.86. The summed E-state index contributed by atoms with van der Waals surface area (Å²) < 4.78 is 10.5. The number of nitrogen functional groups attached to an aromatic ring is 1. The summed E-state index contributed by atoms with van der Waals surface area (Å²) in [7, 11) is 1.56. The first kappa shape index (κ1) is 11.9. The summed E-state index contributed by atoms with van der Waals surface area (Å²) in [6, 6.07) is 0. The molecule has 1 atom stereocenters. The average Bonchev–Trinajstić information content (AvgIpc) is 2.88. The molecule has 0 saturated carbocycles. The second kappa shape index (κ2) is 5.65. The molecule has 0 aromatic carbocycles. The largest absolute Gasteiger partial charge is 0.490 e. The molecular weight excluding hydrogens is 222 g/mol. The van der Waals surface area contributed by atoms with E-state index in [0.29, 0.717) is 23.3 Å². The minimum atomic E-state index is 0.465. The zero-order chi connectivity index (χ0) is 12.1. The highest BCUT2D eigenvalue weighted by Crippen LogP contribution is 2.28. The molecule has 0 spiro atoms. The van der Waals surface area contributed by atoms with Crippen LogP contribution in [0, 0.1) is 5.92 Å². The first-order valence-corrected chi connectivity index (χ1v) is 5.52. The van der Waals surface area contributed by atoms with E-state index in [1.807, 2.05) is 0 Å². The predicted octanol–water partition coefficient (Wildman–Crippen LogP) is 0.219. The van der Waals surface area contributed by atoms with Crippen molar-refractivity contribution in [3.8, 4) is 5.75 Å². The SMILES string of the molecule is COc1c(NN)ncnc1NCC1CCOC1. The number of hydrazine groups is 1. The fraction of sp³-hybridized carbons (Fsp3) is 0.600. The van der Waals surface area contributed by atoms with Crippen LogP contribution in [0.5, 0.6) is 5.75 Å². The first-order chi connectivity index (χ1) is 8.35. The maximum absolute atomic E-state index is 5.35. The van der Waals surface area contributed by atoms with E-state index in [1.165, 1.54) is 6.33 Å². The monoisotopic (exact) mass is 239 g/mol. The molecule has 17 heavy (non-hydrogen) atoms. The fourth-order valence-corrected chi connectivity index (χ4v) is 1.78. The Labute approximate surface area is 99.7 Å². The molecule has 94 valence electrons. The van der Waals surface area contributed by atoms with E-state index < -0.39 is 0 Å². The molecule has 2 heterocycles. The number of aromatic nitrogens is 2. The van der Waals surface area contributed by atoms with Crippen molar-refractivity contribution in [1.29, 1.82) is 0 Å². The Balaban J connectivity index is 2.03. The van der Waals surface area contributed by atoms with E-state index in [9.17, 15) is 0 Å². The van der Waals surface area contributed by atoms with Crippen molar-refractivity contribution >= 4 is 11.6 Å². The van der Waals surface area contributed by atoms with Crippen molar-refractivity contribution in [2.75, 3.05) is 37.6 Å². The number of nitrogens with two attached hydrogens (primary N) is 1. The Kier molecular flexibility index (Phi) is 3.94. The molecule has 2 rings (SSSR count). The van der Waals surface area contributed by atoms with Gasteiger partial charge in [-0.1, -0.05) is 0 Å². The van der Waals surface area contributed by atoms with Crippen LogP contribution in [-0.2, 0) is 4.74 Å². The van der Waals surface area contributed by atoms with Crippen molar-refractivity contribution < 1.29 is 9.47 Å². The number of ether oxygens (including phenoxy) is 2. The number of anilines is 2. The van der Waals surface area contributed by atoms with E-state index in [1.54, 1.807) is 7.11 Å². The number of hydrogen-bond donors (Lipinski definition) is 3. The van der Waals surface area contributed by atoms with Crippen LogP contribution in [-0.4, -0.2) is 36.8 Å². The van der Waals surface area contributed by atoms with Gasteiger partial charge in [0.25, 0.3) is 0 Å². The van der Waals surface area contributed by atoms with Crippen LogP contribution in [0.4, 0.5) is 11.6 Å². The lowest BCUT2D eigenvalue weighted by Gasteiger charge is -2.14. The molecule has 0 radical (unpaired) electrons. The van der Waals surface area contributed by atoms with Gasteiger partial charge in [-0.2, -0.15) is 0 Å². The summed E-state index contributed by atoms with van der Waals surface area (Å²) in [5.41, 5.74) is 2.47. The van der Waals surface area contributed by atoms with Gasteiger partial charge < -0.3 is 20.2 Å². The van der Waals surface area contributed by atoms with Gasteiger partial charge in [-0.05, 0) is 6.42 Å². The third-order valence-electron chi connectivity index (χ3n) is 2.73. The maximum atomic E-state index is 5.35. The molecule has 0 aliphatic carbocycles. The summed E-state index contributed by atoms with van der Waals surface area (Å²) in [4.78, 5) is 8.11. The number of methoxy groups -OCH3 is 1. The number of rotatable bonds is 5. The molecule has 7 heteroatoms. The predicted molar refractivity (Wildman–Crippen MR) is 63.8 cm³/mol. The molecule has 0 bridgehead atoms. The second-order valence-corrected chi connectivity index (χ2v) is 3.86. The Hall–Kier alpha value is -1.60. The van der Waals surface area contributed by atoms with E-state index in [-0.39, 0.29) is 0 Å². The zero-order valence-electron chi connectivity index (χ0n) is 9.77. The highest BCUT2D eigenvalue weighted by molar-refractivity contribution is 5.62. The lowest BCUT2D eigenvalue weighted by atomic mass is 10.1. The molecule has 0 amide bonds. The number of hydrogen-bond acceptors (Lipinski definition) is 7. The van der Waals surface area contributed by atoms with E-state index in [4.69, 9.17) is 15.3 Å². The lowest BCUT2D eigenvalue weighted by Crippen LogP contribution is -2.17. The van der Waals surface area contributed by atoms with Crippen LogP contribution < -0.4 is 21.3 Å². The summed E-state index contributed by atoms with van der Waals surface area (Å²) in [5, 5.41) is 3.23. The Morgan fingerprint density at radius 3 is 3.00 bits per heavy atom. The van der Waals surface area contributed by atoms with E-state index >= 15 is 0 Å². The van der Waals surface area contributed by atoms with Crippen LogP contribution in [0.3, 0.4) is 0 Å². The van der Waals surface area contributed by atoms with E-state index in [2.05, 4.69) is 20.7 Å². The van der Waals surface area contributed by atoms with Gasteiger partial charge in [-0.15, -0.1) is 0 Å². The Morgan fingerprint density at radius 1 is 1.53 bits per heavy atom. The van der Waals surface area contributed by atoms with Crippen LogP contribution in [0.1, 0.15) is 6.42 Å². The van der Waals surface area contributed by atoms with Gasteiger partial charge in [0.1, 0.15) is 6.33 Å². The standard InChI is InChI=1S/C10H17N5O2/c1-16-8-9(13-6-14-10(8)15-11)12-4-7-2-3-17-5-7/h6-7H,2-5,11H2,1H3,(H2,12,13,14,15). The summed E-state index contributed by atoms with van der Waals surface area (Å²) in [5.74, 6) is 7.49. The molecule has 1 aliphatic rings. The minimum Gasteiger partial charge on any atom is -0.490 e. The van der Waals surface area contributed by atoms with Gasteiger partial charge in [0.15, 0.2) is 11.6 Å². The number of nitrogens with zero attached hydrogens (tertiary/aromatic N) is 2. The van der Waals surface area contributed by atoms with Gasteiger partial charge >= 0.3 is 0 Å². The van der Waals surface area contributed by atoms with Gasteiger partial charge in [0.05, 0.1) is 13.7 Å². The molecule has 1 unspecified atom stereocenters. The number of nitrogens with one attached hydrogen (secondary N) is 2. The highest BCUT2D eigenvalue weighted by Gasteiger charge is 2.17. The third kappa shape index (κ3) is 2.75. The smallest absolute Gasteiger partial charge is 0.205 e. The molecule has 1 aliphatic heterocycles. The summed E-state index contributed by atoms with van der Waals surface area (Å²) >= 11 is 0. The quantitative estimate of drug-likeness (QED) is 0.499. The van der Waals surface area contributed by atoms with Crippen molar-refractivity contribution in [2.24, 2.45) is 11.8 Å².